The Balaban J connectivity index is 2.31. The fraction of sp³-hybridized carbons (Fsp3) is 0.500. The highest BCUT2D eigenvalue weighted by atomic mass is 32.2. The minimum absolute atomic E-state index is 0.139. The first-order valence-electron chi connectivity index (χ1n) is 5.74. The number of rotatable bonds is 3. The van der Waals surface area contributed by atoms with Crippen molar-refractivity contribution in [2.45, 2.75) is 24.8 Å². The summed E-state index contributed by atoms with van der Waals surface area (Å²) in [6.45, 7) is 3.10. The van der Waals surface area contributed by atoms with Crippen LogP contribution in [0.3, 0.4) is 0 Å². The summed E-state index contributed by atoms with van der Waals surface area (Å²) in [6.07, 6.45) is 0.916. The summed E-state index contributed by atoms with van der Waals surface area (Å²) in [5, 5.41) is 9.03. The summed E-state index contributed by atoms with van der Waals surface area (Å²) in [4.78, 5) is 0.276. The number of sulfonamides is 1. The van der Waals surface area contributed by atoms with Gasteiger partial charge in [0.25, 0.3) is 0 Å². The van der Waals surface area contributed by atoms with Crippen LogP contribution >= 0.6 is 0 Å². The van der Waals surface area contributed by atoms with E-state index in [-0.39, 0.29) is 11.5 Å². The van der Waals surface area contributed by atoms with Crippen molar-refractivity contribution in [3.63, 3.8) is 0 Å². The molecule has 2 rings (SSSR count). The number of aliphatic hydroxyl groups is 1. The lowest BCUT2D eigenvalue weighted by Crippen LogP contribution is -2.28. The van der Waals surface area contributed by atoms with Crippen LogP contribution in [-0.4, -0.2) is 30.9 Å². The lowest BCUT2D eigenvalue weighted by atomic mass is 10.2. The van der Waals surface area contributed by atoms with Gasteiger partial charge in [0, 0.05) is 13.1 Å². The Morgan fingerprint density at radius 2 is 2.24 bits per heavy atom. The first-order valence-corrected chi connectivity index (χ1v) is 7.18. The summed E-state index contributed by atoms with van der Waals surface area (Å²) in [6, 6.07) is 6.50. The third-order valence-electron chi connectivity index (χ3n) is 3.11. The number of hydrogen-bond acceptors (Lipinski definition) is 3. The van der Waals surface area contributed by atoms with Crippen molar-refractivity contribution >= 4 is 10.0 Å². The topological polar surface area (TPSA) is 57.6 Å². The van der Waals surface area contributed by atoms with Crippen LogP contribution in [0.2, 0.25) is 0 Å². The fourth-order valence-electron chi connectivity index (χ4n) is 2.07. The van der Waals surface area contributed by atoms with Gasteiger partial charge in [0.15, 0.2) is 0 Å². The zero-order chi connectivity index (χ0) is 12.5. The first kappa shape index (κ1) is 12.5. The molecular formula is C12H17NO3S. The molecule has 17 heavy (non-hydrogen) atoms. The minimum atomic E-state index is -3.38. The van der Waals surface area contributed by atoms with Gasteiger partial charge in [0.05, 0.1) is 11.5 Å². The molecule has 0 amide bonds. The van der Waals surface area contributed by atoms with E-state index in [2.05, 4.69) is 6.92 Å². The van der Waals surface area contributed by atoms with E-state index in [1.165, 1.54) is 4.31 Å². The molecule has 0 spiro atoms. The van der Waals surface area contributed by atoms with Gasteiger partial charge in [-0.15, -0.1) is 0 Å². The zero-order valence-corrected chi connectivity index (χ0v) is 10.7. The summed E-state index contributed by atoms with van der Waals surface area (Å²) in [7, 11) is -3.38. The van der Waals surface area contributed by atoms with Gasteiger partial charge in [0.1, 0.15) is 0 Å². The van der Waals surface area contributed by atoms with Crippen molar-refractivity contribution in [2.24, 2.45) is 5.92 Å². The van der Waals surface area contributed by atoms with Gasteiger partial charge in [-0.25, -0.2) is 8.42 Å². The van der Waals surface area contributed by atoms with E-state index in [4.69, 9.17) is 5.11 Å². The smallest absolute Gasteiger partial charge is 0.243 e. The highest BCUT2D eigenvalue weighted by Crippen LogP contribution is 2.24. The van der Waals surface area contributed by atoms with Crippen molar-refractivity contribution < 1.29 is 13.5 Å². The van der Waals surface area contributed by atoms with E-state index in [9.17, 15) is 8.42 Å². The van der Waals surface area contributed by atoms with Crippen LogP contribution in [0.4, 0.5) is 0 Å². The summed E-state index contributed by atoms with van der Waals surface area (Å²) < 4.78 is 26.1. The van der Waals surface area contributed by atoms with Gasteiger partial charge in [-0.05, 0) is 30.0 Å². The van der Waals surface area contributed by atoms with E-state index in [1.54, 1.807) is 24.3 Å². The average Bonchev–Trinajstić information content (AvgIpc) is 2.76. The third-order valence-corrected chi connectivity index (χ3v) is 4.97. The molecule has 0 saturated carbocycles. The monoisotopic (exact) mass is 255 g/mol. The molecule has 1 aliphatic heterocycles. The second kappa shape index (κ2) is 4.76. The Bertz CT molecular complexity index is 498. The Morgan fingerprint density at radius 3 is 2.82 bits per heavy atom. The molecule has 0 radical (unpaired) electrons. The number of hydrogen-bond donors (Lipinski definition) is 1. The molecule has 1 heterocycles. The molecule has 5 heteroatoms. The molecular weight excluding hydrogens is 238 g/mol. The highest BCUT2D eigenvalue weighted by molar-refractivity contribution is 7.89. The van der Waals surface area contributed by atoms with Crippen LogP contribution in [0.25, 0.3) is 0 Å². The molecule has 0 bridgehead atoms. The molecule has 94 valence electrons. The van der Waals surface area contributed by atoms with E-state index in [0.29, 0.717) is 24.6 Å². The molecule has 1 fully saturated rings. The number of aliphatic hydroxyl groups excluding tert-OH is 1. The fourth-order valence-corrected chi connectivity index (χ4v) is 3.71. The van der Waals surface area contributed by atoms with Gasteiger partial charge in [-0.2, -0.15) is 4.31 Å². The van der Waals surface area contributed by atoms with Gasteiger partial charge >= 0.3 is 0 Å². The maximum atomic E-state index is 12.3. The predicted molar refractivity (Wildman–Crippen MR) is 64.9 cm³/mol. The zero-order valence-electron chi connectivity index (χ0n) is 9.83. The van der Waals surface area contributed by atoms with Crippen molar-refractivity contribution in [3.05, 3.63) is 29.8 Å². The Hall–Kier alpha value is -0.910. The molecule has 4 nitrogen and oxygen atoms in total. The van der Waals surface area contributed by atoms with E-state index >= 15 is 0 Å². The molecule has 1 unspecified atom stereocenters. The van der Waals surface area contributed by atoms with Gasteiger partial charge in [0.2, 0.25) is 10.0 Å². The van der Waals surface area contributed by atoms with Crippen LogP contribution in [0.1, 0.15) is 18.9 Å². The maximum absolute atomic E-state index is 12.3. The van der Waals surface area contributed by atoms with Gasteiger partial charge in [-0.1, -0.05) is 19.1 Å². The molecule has 1 aromatic rings. The van der Waals surface area contributed by atoms with Crippen molar-refractivity contribution in [2.75, 3.05) is 13.1 Å². The van der Waals surface area contributed by atoms with Gasteiger partial charge in [-0.3, -0.25) is 0 Å². The number of nitrogens with zero attached hydrogens (tertiary/aromatic N) is 1. The summed E-state index contributed by atoms with van der Waals surface area (Å²) in [5.41, 5.74) is 0.623. The van der Waals surface area contributed by atoms with Crippen LogP contribution in [0.15, 0.2) is 29.2 Å². The number of benzene rings is 1. The minimum Gasteiger partial charge on any atom is -0.392 e. The lowest BCUT2D eigenvalue weighted by Gasteiger charge is -2.16. The third kappa shape index (κ3) is 2.51. The molecule has 0 aromatic heterocycles. The summed E-state index contributed by atoms with van der Waals surface area (Å²) in [5.74, 6) is 0.422. The highest BCUT2D eigenvalue weighted by Gasteiger charge is 2.30. The summed E-state index contributed by atoms with van der Waals surface area (Å²) >= 11 is 0. The van der Waals surface area contributed by atoms with Crippen molar-refractivity contribution in [1.29, 1.82) is 0 Å². The molecule has 0 aliphatic carbocycles. The Kier molecular flexibility index (Phi) is 3.51. The van der Waals surface area contributed by atoms with Crippen LogP contribution in [-0.2, 0) is 16.6 Å². The van der Waals surface area contributed by atoms with Crippen LogP contribution in [0.5, 0.6) is 0 Å². The maximum Gasteiger partial charge on any atom is 0.243 e. The van der Waals surface area contributed by atoms with Crippen LogP contribution in [0, 0.1) is 5.92 Å². The Morgan fingerprint density at radius 1 is 1.47 bits per heavy atom. The Labute approximate surface area is 102 Å². The molecule has 1 aliphatic rings. The molecule has 1 N–H and O–H groups in total. The second-order valence-electron chi connectivity index (χ2n) is 4.56. The average molecular weight is 255 g/mol. The quantitative estimate of drug-likeness (QED) is 0.883. The van der Waals surface area contributed by atoms with E-state index in [1.807, 2.05) is 0 Å². The van der Waals surface area contributed by atoms with E-state index < -0.39 is 10.0 Å². The van der Waals surface area contributed by atoms with Crippen molar-refractivity contribution in [3.8, 4) is 0 Å². The molecule has 1 aromatic carbocycles. The lowest BCUT2D eigenvalue weighted by molar-refractivity contribution is 0.281. The first-order chi connectivity index (χ1) is 8.04. The predicted octanol–water partition coefficient (Wildman–Crippen LogP) is 1.21. The largest absolute Gasteiger partial charge is 0.392 e. The van der Waals surface area contributed by atoms with Crippen LogP contribution < -0.4 is 0 Å². The molecule has 1 atom stereocenters. The normalized spacial score (nSPS) is 21.9. The standard InChI is InChI=1S/C12H17NO3S/c1-10-5-6-13(8-10)17(15,16)12-4-2-3-11(7-12)9-14/h2-4,7,10,14H,5-6,8-9H2,1H3. The van der Waals surface area contributed by atoms with Crippen molar-refractivity contribution in [1.82, 2.24) is 4.31 Å². The molecule has 1 saturated heterocycles. The van der Waals surface area contributed by atoms with Gasteiger partial charge < -0.3 is 5.11 Å². The second-order valence-corrected chi connectivity index (χ2v) is 6.50. The van der Waals surface area contributed by atoms with E-state index in [0.717, 1.165) is 6.42 Å². The SMILES string of the molecule is CC1CCN(S(=O)(=O)c2cccc(CO)c2)C1.